The monoisotopic (exact) mass is 218 g/mol. The highest BCUT2D eigenvalue weighted by Crippen LogP contribution is 2.12. The Hall–Kier alpha value is -1.12. The van der Waals surface area contributed by atoms with Crippen LogP contribution < -0.4 is 0 Å². The van der Waals surface area contributed by atoms with Gasteiger partial charge in [0, 0.05) is 9.75 Å². The van der Waals surface area contributed by atoms with Gasteiger partial charge in [-0.3, -0.25) is 0 Å². The highest BCUT2D eigenvalue weighted by Gasteiger charge is 1.84. The van der Waals surface area contributed by atoms with Crippen molar-refractivity contribution in [1.29, 1.82) is 0 Å². The number of hydrogen-bond acceptors (Lipinski definition) is 2. The van der Waals surface area contributed by atoms with E-state index in [1.807, 2.05) is 0 Å². The fraction of sp³-hybridized carbons (Fsp3) is 0. The van der Waals surface area contributed by atoms with Gasteiger partial charge in [-0.05, 0) is 35.0 Å². The average Bonchev–Trinajstić information content (AvgIpc) is 2.86. The molecule has 0 saturated heterocycles. The van der Waals surface area contributed by atoms with Gasteiger partial charge in [-0.25, -0.2) is 0 Å². The molecule has 0 aromatic carbocycles. The molecule has 2 rings (SSSR count). The molecule has 14 heavy (non-hydrogen) atoms. The van der Waals surface area contributed by atoms with Crippen LogP contribution in [0, 0.1) is 0 Å². The van der Waals surface area contributed by atoms with Crippen LogP contribution in [0.4, 0.5) is 0 Å². The van der Waals surface area contributed by atoms with Gasteiger partial charge in [0.2, 0.25) is 0 Å². The molecule has 0 saturated carbocycles. The van der Waals surface area contributed by atoms with E-state index in [-0.39, 0.29) is 0 Å². The second kappa shape index (κ2) is 4.94. The van der Waals surface area contributed by atoms with E-state index < -0.39 is 0 Å². The Bertz CT molecular complexity index is 363. The van der Waals surface area contributed by atoms with Crippen molar-refractivity contribution in [3.63, 3.8) is 0 Å². The van der Waals surface area contributed by atoms with Crippen LogP contribution in [0.15, 0.2) is 47.2 Å². The molecule has 0 aliphatic carbocycles. The Labute approximate surface area is 91.8 Å². The van der Waals surface area contributed by atoms with Crippen LogP contribution in [-0.4, -0.2) is 0 Å². The molecule has 0 bridgehead atoms. The summed E-state index contributed by atoms with van der Waals surface area (Å²) in [6.07, 6.45) is 8.39. The summed E-state index contributed by atoms with van der Waals surface area (Å²) in [6, 6.07) is 8.35. The zero-order valence-corrected chi connectivity index (χ0v) is 9.22. The second-order valence-electron chi connectivity index (χ2n) is 2.75. The third-order valence-corrected chi connectivity index (χ3v) is 3.39. The van der Waals surface area contributed by atoms with Crippen LogP contribution in [0.3, 0.4) is 0 Å². The molecular weight excluding hydrogens is 208 g/mol. The van der Waals surface area contributed by atoms with Crippen molar-refractivity contribution in [2.24, 2.45) is 0 Å². The minimum Gasteiger partial charge on any atom is -0.144 e. The van der Waals surface area contributed by atoms with Crippen molar-refractivity contribution in [2.75, 3.05) is 0 Å². The van der Waals surface area contributed by atoms with Gasteiger partial charge in [0.1, 0.15) is 0 Å². The molecule has 0 aliphatic heterocycles. The highest BCUT2D eigenvalue weighted by molar-refractivity contribution is 7.11. The lowest BCUT2D eigenvalue weighted by Crippen LogP contribution is -1.56. The van der Waals surface area contributed by atoms with Gasteiger partial charge in [-0.15, -0.1) is 22.7 Å². The quantitative estimate of drug-likeness (QED) is 0.664. The lowest BCUT2D eigenvalue weighted by atomic mass is 10.3. The lowest BCUT2D eigenvalue weighted by Gasteiger charge is -1.81. The van der Waals surface area contributed by atoms with E-state index in [4.69, 9.17) is 0 Å². The largest absolute Gasteiger partial charge is 0.144 e. The molecular formula is C12H10S2. The van der Waals surface area contributed by atoms with Gasteiger partial charge in [0.25, 0.3) is 0 Å². The number of rotatable bonds is 3. The Morgan fingerprint density at radius 2 is 1.29 bits per heavy atom. The predicted molar refractivity (Wildman–Crippen MR) is 66.7 cm³/mol. The second-order valence-corrected chi connectivity index (χ2v) is 4.71. The molecule has 0 radical (unpaired) electrons. The zero-order valence-electron chi connectivity index (χ0n) is 7.59. The van der Waals surface area contributed by atoms with Crippen LogP contribution in [0.5, 0.6) is 0 Å². The maximum absolute atomic E-state index is 2.12. The summed E-state index contributed by atoms with van der Waals surface area (Å²) in [5.41, 5.74) is 0. The summed E-state index contributed by atoms with van der Waals surface area (Å²) in [4.78, 5) is 2.58. The summed E-state index contributed by atoms with van der Waals surface area (Å²) in [5.74, 6) is 0. The van der Waals surface area contributed by atoms with Crippen LogP contribution >= 0.6 is 22.7 Å². The Morgan fingerprint density at radius 1 is 0.786 bits per heavy atom. The highest BCUT2D eigenvalue weighted by atomic mass is 32.1. The first kappa shape index (κ1) is 9.44. The van der Waals surface area contributed by atoms with E-state index in [0.717, 1.165) is 0 Å². The summed E-state index contributed by atoms with van der Waals surface area (Å²) < 4.78 is 0. The van der Waals surface area contributed by atoms with Crippen molar-refractivity contribution in [3.8, 4) is 0 Å². The van der Waals surface area contributed by atoms with Crippen LogP contribution in [0.2, 0.25) is 0 Å². The molecule has 2 heterocycles. The van der Waals surface area contributed by atoms with Gasteiger partial charge < -0.3 is 0 Å². The molecule has 0 nitrogen and oxygen atoms in total. The van der Waals surface area contributed by atoms with Crippen molar-refractivity contribution in [3.05, 3.63) is 56.9 Å². The third-order valence-electron chi connectivity index (χ3n) is 1.72. The summed E-state index contributed by atoms with van der Waals surface area (Å²) >= 11 is 3.51. The Kier molecular flexibility index (Phi) is 3.33. The lowest BCUT2D eigenvalue weighted by molar-refractivity contribution is 1.92. The van der Waals surface area contributed by atoms with Crippen LogP contribution in [-0.2, 0) is 0 Å². The van der Waals surface area contributed by atoms with E-state index in [1.54, 1.807) is 22.7 Å². The van der Waals surface area contributed by atoms with Crippen LogP contribution in [0.25, 0.3) is 12.2 Å². The molecule has 2 aromatic rings. The topological polar surface area (TPSA) is 0 Å². The van der Waals surface area contributed by atoms with Crippen molar-refractivity contribution < 1.29 is 0 Å². The van der Waals surface area contributed by atoms with Gasteiger partial charge >= 0.3 is 0 Å². The van der Waals surface area contributed by atoms with E-state index in [1.165, 1.54) is 9.75 Å². The predicted octanol–water partition coefficient (Wildman–Crippen LogP) is 4.54. The number of thiophene rings is 2. The Morgan fingerprint density at radius 3 is 1.64 bits per heavy atom. The van der Waals surface area contributed by atoms with E-state index in [0.29, 0.717) is 0 Å². The fourth-order valence-corrected chi connectivity index (χ4v) is 2.33. The molecule has 70 valence electrons. The van der Waals surface area contributed by atoms with Crippen molar-refractivity contribution in [1.82, 2.24) is 0 Å². The summed E-state index contributed by atoms with van der Waals surface area (Å²) in [6.45, 7) is 0. The minimum atomic E-state index is 1.29. The van der Waals surface area contributed by atoms with Crippen molar-refractivity contribution in [2.45, 2.75) is 0 Å². The maximum atomic E-state index is 2.12. The van der Waals surface area contributed by atoms with E-state index in [9.17, 15) is 0 Å². The minimum absolute atomic E-state index is 1.29. The zero-order chi connectivity index (χ0) is 9.64. The third kappa shape index (κ3) is 2.69. The summed E-state index contributed by atoms with van der Waals surface area (Å²) in [7, 11) is 0. The first-order valence-electron chi connectivity index (χ1n) is 4.37. The first-order valence-corrected chi connectivity index (χ1v) is 6.13. The molecule has 0 aliphatic rings. The molecule has 0 atom stereocenters. The molecule has 2 aromatic heterocycles. The molecule has 0 unspecified atom stereocenters. The van der Waals surface area contributed by atoms with Gasteiger partial charge in [-0.1, -0.05) is 24.3 Å². The van der Waals surface area contributed by atoms with Gasteiger partial charge in [0.05, 0.1) is 0 Å². The first-order chi connectivity index (χ1) is 6.95. The van der Waals surface area contributed by atoms with E-state index in [2.05, 4.69) is 59.3 Å². The fourth-order valence-electron chi connectivity index (χ4n) is 1.07. The SMILES string of the molecule is C(/C=C/c1cccs1)=C\c1cccs1. The summed E-state index contributed by atoms with van der Waals surface area (Å²) in [5, 5.41) is 4.17. The van der Waals surface area contributed by atoms with Crippen LogP contribution in [0.1, 0.15) is 9.75 Å². The molecule has 0 amide bonds. The number of hydrogen-bond donors (Lipinski definition) is 0. The Balaban J connectivity index is 1.94. The molecule has 0 fully saturated rings. The van der Waals surface area contributed by atoms with Gasteiger partial charge in [0.15, 0.2) is 0 Å². The standard InChI is InChI=1S/C12H10S2/c1(5-11-7-3-9-13-11)2-6-12-8-4-10-14-12/h1-10H/b5-1+,6-2+. The molecule has 0 N–H and O–H groups in total. The average molecular weight is 218 g/mol. The normalized spacial score (nSPS) is 11.7. The number of allylic oxidation sites excluding steroid dienone is 2. The van der Waals surface area contributed by atoms with Gasteiger partial charge in [-0.2, -0.15) is 0 Å². The molecule has 2 heteroatoms. The van der Waals surface area contributed by atoms with E-state index >= 15 is 0 Å². The maximum Gasteiger partial charge on any atom is 0.0270 e. The smallest absolute Gasteiger partial charge is 0.0270 e. The molecule has 0 spiro atoms. The van der Waals surface area contributed by atoms with Crippen molar-refractivity contribution >= 4 is 34.8 Å².